The van der Waals surface area contributed by atoms with Crippen LogP contribution in [0.5, 0.6) is 0 Å². The molecule has 57 heavy (non-hydrogen) atoms. The van der Waals surface area contributed by atoms with Crippen LogP contribution in [0.3, 0.4) is 0 Å². The zero-order valence-corrected chi connectivity index (χ0v) is 32.2. The van der Waals surface area contributed by atoms with Gasteiger partial charge in [0.1, 0.15) is 0 Å². The Hall–Kier alpha value is -7.41. The molecule has 0 saturated heterocycles. The molecule has 0 spiro atoms. The second kappa shape index (κ2) is 13.4. The summed E-state index contributed by atoms with van der Waals surface area (Å²) in [5.74, 6) is 0.605. The van der Waals surface area contributed by atoms with Crippen LogP contribution < -0.4 is 20.7 Å². The van der Waals surface area contributed by atoms with Gasteiger partial charge in [0, 0.05) is 11.1 Å². The smallest absolute Gasteiger partial charge is 0.0380 e. The topological polar surface area (TPSA) is 48.5 Å². The summed E-state index contributed by atoms with van der Waals surface area (Å²) >= 11 is 0. The van der Waals surface area contributed by atoms with Crippen molar-refractivity contribution in [3.05, 3.63) is 213 Å². The molecule has 0 unspecified atom stereocenters. The van der Waals surface area contributed by atoms with Gasteiger partial charge in [0.15, 0.2) is 0 Å². The summed E-state index contributed by atoms with van der Waals surface area (Å²) in [7, 11) is -3.13. The minimum Gasteiger partial charge on any atom is -0.0602 e. The summed E-state index contributed by atoms with van der Waals surface area (Å²) in [5, 5.41) is 8.89. The molecular weight excluding hydrogens is 711 g/mol. The van der Waals surface area contributed by atoms with Gasteiger partial charge in [-0.3, -0.25) is 0 Å². The maximum Gasteiger partial charge on any atom is -0.0380 e. The summed E-state index contributed by atoms with van der Waals surface area (Å²) in [4.78, 5) is 15.1. The number of pyridine rings is 1. The van der Waals surface area contributed by atoms with Gasteiger partial charge in [-0.2, -0.15) is 0 Å². The Labute approximate surface area is 330 Å². The van der Waals surface area contributed by atoms with Gasteiger partial charge < -0.3 is 0 Å². The molecule has 11 aromatic rings. The van der Waals surface area contributed by atoms with Crippen molar-refractivity contribution in [3.63, 3.8) is 0 Å². The van der Waals surface area contributed by atoms with E-state index in [2.05, 4.69) is 197 Å². The molecule has 7 aromatic carbocycles. The Morgan fingerprint density at radius 2 is 0.912 bits per heavy atom. The van der Waals surface area contributed by atoms with Crippen LogP contribution >= 0.6 is 0 Å². The van der Waals surface area contributed by atoms with E-state index in [1.54, 1.807) is 0 Å². The first-order valence-electron chi connectivity index (χ1n) is 19.4. The van der Waals surface area contributed by atoms with E-state index >= 15 is 0 Å². The first-order valence-corrected chi connectivity index (χ1v) is 21.7. The predicted octanol–water partition coefficient (Wildman–Crippen LogP) is 8.84. The van der Waals surface area contributed by atoms with E-state index in [0.717, 1.165) is 49.8 Å². The van der Waals surface area contributed by atoms with Gasteiger partial charge in [0.25, 0.3) is 0 Å². The predicted molar refractivity (Wildman–Crippen MR) is 239 cm³/mol. The number of rotatable bonds is 7. The molecular formula is C51H36N5Si-. The fraction of sp³-hybridized carbons (Fsp3) is 0. The third kappa shape index (κ3) is 5.19. The molecule has 0 atom stereocenters. The molecule has 0 radical (unpaired) electrons. The average molecular weight is 747 g/mol. The van der Waals surface area contributed by atoms with Gasteiger partial charge in [0.05, 0.1) is 5.52 Å². The van der Waals surface area contributed by atoms with Crippen LogP contribution in [-0.4, -0.2) is 32.2 Å². The quantitative estimate of drug-likeness (QED) is 0.121. The Morgan fingerprint density at radius 1 is 0.351 bits per heavy atom. The summed E-state index contributed by atoms with van der Waals surface area (Å²) < 4.78 is 4.50. The molecule has 0 saturated carbocycles. The fourth-order valence-corrected chi connectivity index (χ4v) is 14.9. The van der Waals surface area contributed by atoms with Gasteiger partial charge in [-0.05, 0) is 18.2 Å². The van der Waals surface area contributed by atoms with E-state index in [1.807, 2.05) is 24.7 Å². The van der Waals surface area contributed by atoms with Gasteiger partial charge in [-0.1, -0.05) is 36.4 Å². The zero-order chi connectivity index (χ0) is 37.8. The van der Waals surface area contributed by atoms with Crippen molar-refractivity contribution in [2.24, 2.45) is 0 Å². The second-order valence-corrected chi connectivity index (χ2v) is 19.2. The summed E-state index contributed by atoms with van der Waals surface area (Å²) in [6.45, 7) is 0. The van der Waals surface area contributed by atoms with E-state index in [4.69, 9.17) is 15.0 Å². The summed E-state index contributed by atoms with van der Waals surface area (Å²) in [6.07, 6.45) is 5.80. The molecule has 0 N–H and O–H groups in total. The molecule has 270 valence electrons. The number of para-hydroxylation sites is 2. The molecule has 4 aromatic heterocycles. The zero-order valence-electron chi connectivity index (χ0n) is 31.0. The molecule has 0 aliphatic rings. The summed E-state index contributed by atoms with van der Waals surface area (Å²) in [6, 6.07) is 70.1. The van der Waals surface area contributed by atoms with Crippen LogP contribution in [0.2, 0.25) is 0 Å². The number of hydrogen-bond acceptors (Lipinski definition) is 3. The van der Waals surface area contributed by atoms with E-state index < -0.39 is 8.07 Å². The minimum absolute atomic E-state index is 0.605. The molecule has 5 nitrogen and oxygen atoms in total. The van der Waals surface area contributed by atoms with Crippen LogP contribution in [0.1, 0.15) is 0 Å². The maximum atomic E-state index is 5.10. The molecule has 0 aliphatic heterocycles. The van der Waals surface area contributed by atoms with Crippen LogP contribution in [0.25, 0.3) is 66.5 Å². The first-order chi connectivity index (χ1) is 28.3. The molecule has 0 aliphatic carbocycles. The second-order valence-electron chi connectivity index (χ2n) is 14.8. The SMILES string of the molecule is c1ccc(-n2c3ccccc3c3cc4c5ncccc5n(-c5ncc(-c6cccc([SiH-](c7ccccc7)(c7ccccc7)c7ccccc7)c6)cn5)c4cc32)cc1. The first kappa shape index (κ1) is 33.0. The third-order valence-electron chi connectivity index (χ3n) is 11.8. The Bertz CT molecular complexity index is 3120. The van der Waals surface area contributed by atoms with Gasteiger partial charge in [-0.15, -0.1) is 0 Å². The largest absolute Gasteiger partial charge is 0.0602 e. The van der Waals surface area contributed by atoms with Crippen molar-refractivity contribution < 1.29 is 0 Å². The molecule has 0 amide bonds. The van der Waals surface area contributed by atoms with E-state index in [1.165, 1.54) is 31.5 Å². The van der Waals surface area contributed by atoms with E-state index in [0.29, 0.717) is 5.95 Å². The van der Waals surface area contributed by atoms with Crippen molar-refractivity contribution in [2.75, 3.05) is 0 Å². The number of nitrogens with zero attached hydrogens (tertiary/aromatic N) is 5. The normalized spacial score (nSPS) is 12.1. The minimum atomic E-state index is -3.13. The van der Waals surface area contributed by atoms with Gasteiger partial charge in [0.2, 0.25) is 0 Å². The van der Waals surface area contributed by atoms with Crippen LogP contribution in [-0.2, 0) is 0 Å². The van der Waals surface area contributed by atoms with Crippen molar-refractivity contribution in [1.82, 2.24) is 24.1 Å². The van der Waals surface area contributed by atoms with Crippen LogP contribution in [0, 0.1) is 0 Å². The number of fused-ring (bicyclic) bond motifs is 6. The Balaban J connectivity index is 1.08. The average Bonchev–Trinajstić information content (AvgIpc) is 3.79. The monoisotopic (exact) mass is 746 g/mol. The molecule has 0 bridgehead atoms. The van der Waals surface area contributed by atoms with Gasteiger partial charge in [-0.25, -0.2) is 0 Å². The van der Waals surface area contributed by atoms with E-state index in [9.17, 15) is 0 Å². The maximum absolute atomic E-state index is 5.10. The summed E-state index contributed by atoms with van der Waals surface area (Å²) in [5.41, 5.74) is 8.36. The third-order valence-corrected chi connectivity index (χ3v) is 17.3. The van der Waals surface area contributed by atoms with Crippen LogP contribution in [0.4, 0.5) is 0 Å². The molecule has 6 heteroatoms. The molecule has 4 heterocycles. The van der Waals surface area contributed by atoms with Gasteiger partial charge >= 0.3 is 261 Å². The van der Waals surface area contributed by atoms with Crippen molar-refractivity contribution in [1.29, 1.82) is 0 Å². The Morgan fingerprint density at radius 3 is 1.58 bits per heavy atom. The number of hydrogen-bond donors (Lipinski definition) is 0. The van der Waals surface area contributed by atoms with Crippen molar-refractivity contribution in [2.45, 2.75) is 0 Å². The molecule has 0 fully saturated rings. The van der Waals surface area contributed by atoms with Crippen molar-refractivity contribution in [3.8, 4) is 22.8 Å². The van der Waals surface area contributed by atoms with Crippen molar-refractivity contribution >= 4 is 72.6 Å². The Kier molecular flexibility index (Phi) is 7.76. The fourth-order valence-electron chi connectivity index (χ4n) is 9.32. The molecule has 11 rings (SSSR count). The van der Waals surface area contributed by atoms with Crippen LogP contribution in [0.15, 0.2) is 213 Å². The standard InChI is InChI=1S/C51H36N5Si/c1-5-18-38(19-6-1)55-46-28-14-13-27-43(46)44-32-45-49(33-48(44)55)56(47-29-16-30-52-50(45)47)51-53-34-37(35-54-51)36-17-15-26-42(31-36)57(39-20-7-2-8-21-39,40-22-9-3-10-23-40)41-24-11-4-12-25-41/h1-35,57H/q-1. The number of benzene rings is 7. The number of aromatic nitrogens is 5. The van der Waals surface area contributed by atoms with E-state index in [-0.39, 0.29) is 0 Å².